The molecule has 0 bridgehead atoms. The number of thiophene rings is 1. The maximum atomic E-state index is 13.3. The fourth-order valence-corrected chi connectivity index (χ4v) is 3.78. The molecule has 4 rings (SSSR count). The van der Waals surface area contributed by atoms with Crippen LogP contribution in [0.25, 0.3) is 0 Å². The number of amides is 1. The molecule has 6 nitrogen and oxygen atoms in total. The first-order valence-corrected chi connectivity index (χ1v) is 9.82. The number of benzene rings is 1. The molecule has 1 saturated heterocycles. The molecule has 144 valence electrons. The molecule has 3 heterocycles. The molecule has 0 radical (unpaired) electrons. The summed E-state index contributed by atoms with van der Waals surface area (Å²) in [5, 5.41) is 1.91. The molecular formula is C20H19FN4O2S. The van der Waals surface area contributed by atoms with Crippen LogP contribution < -0.4 is 9.64 Å². The summed E-state index contributed by atoms with van der Waals surface area (Å²) in [5.74, 6) is 1.47. The van der Waals surface area contributed by atoms with Gasteiger partial charge in [0.1, 0.15) is 23.7 Å². The highest BCUT2D eigenvalue weighted by molar-refractivity contribution is 7.12. The van der Waals surface area contributed by atoms with E-state index in [1.54, 1.807) is 19.1 Å². The topological polar surface area (TPSA) is 58.6 Å². The molecule has 1 fully saturated rings. The van der Waals surface area contributed by atoms with Crippen molar-refractivity contribution in [3.63, 3.8) is 0 Å². The van der Waals surface area contributed by atoms with Crippen molar-refractivity contribution in [1.29, 1.82) is 0 Å². The second-order valence-corrected chi connectivity index (χ2v) is 7.43. The van der Waals surface area contributed by atoms with Crippen molar-refractivity contribution in [3.8, 4) is 11.6 Å². The van der Waals surface area contributed by atoms with Crippen LogP contribution >= 0.6 is 11.3 Å². The third kappa shape index (κ3) is 3.96. The van der Waals surface area contributed by atoms with E-state index in [0.29, 0.717) is 43.4 Å². The molecule has 1 aliphatic rings. The Labute approximate surface area is 166 Å². The lowest BCUT2D eigenvalue weighted by molar-refractivity contribution is 0.0751. The van der Waals surface area contributed by atoms with Crippen molar-refractivity contribution in [2.45, 2.75) is 6.92 Å². The largest absolute Gasteiger partial charge is 0.439 e. The zero-order chi connectivity index (χ0) is 19.5. The van der Waals surface area contributed by atoms with Gasteiger partial charge in [-0.3, -0.25) is 4.79 Å². The van der Waals surface area contributed by atoms with Crippen molar-refractivity contribution in [1.82, 2.24) is 14.9 Å². The Morgan fingerprint density at radius 2 is 1.96 bits per heavy atom. The Hall–Kier alpha value is -3.00. The number of carbonyl (C=O) groups is 1. The predicted molar refractivity (Wildman–Crippen MR) is 106 cm³/mol. The summed E-state index contributed by atoms with van der Waals surface area (Å²) in [7, 11) is 0. The number of hydrogen-bond acceptors (Lipinski definition) is 6. The number of aromatic nitrogens is 2. The number of carbonyl (C=O) groups excluding carboxylic acids is 1. The van der Waals surface area contributed by atoms with Crippen molar-refractivity contribution in [2.75, 3.05) is 31.1 Å². The smallest absolute Gasteiger partial charge is 0.264 e. The van der Waals surface area contributed by atoms with Gasteiger partial charge in [-0.2, -0.15) is 0 Å². The second kappa shape index (κ2) is 7.93. The lowest BCUT2D eigenvalue weighted by Gasteiger charge is -2.35. The first-order chi connectivity index (χ1) is 13.6. The van der Waals surface area contributed by atoms with E-state index in [9.17, 15) is 9.18 Å². The predicted octanol–water partition coefficient (Wildman–Crippen LogP) is 3.74. The van der Waals surface area contributed by atoms with Gasteiger partial charge in [-0.25, -0.2) is 14.4 Å². The summed E-state index contributed by atoms with van der Waals surface area (Å²) in [4.78, 5) is 25.7. The summed E-state index contributed by atoms with van der Waals surface area (Å²) in [6.45, 7) is 4.42. The molecule has 0 atom stereocenters. The Balaban J connectivity index is 1.42. The third-order valence-electron chi connectivity index (χ3n) is 4.60. The first-order valence-electron chi connectivity index (χ1n) is 8.94. The zero-order valence-corrected chi connectivity index (χ0v) is 16.2. The van der Waals surface area contributed by atoms with Crippen molar-refractivity contribution in [2.24, 2.45) is 0 Å². The van der Waals surface area contributed by atoms with E-state index >= 15 is 0 Å². The molecule has 0 unspecified atom stereocenters. The molecule has 0 saturated carbocycles. The van der Waals surface area contributed by atoms with Crippen LogP contribution in [0.15, 0.2) is 48.1 Å². The Bertz CT molecular complexity index is 972. The highest BCUT2D eigenvalue weighted by Crippen LogP contribution is 2.26. The zero-order valence-electron chi connectivity index (χ0n) is 15.3. The van der Waals surface area contributed by atoms with Crippen LogP contribution in [-0.2, 0) is 0 Å². The van der Waals surface area contributed by atoms with Gasteiger partial charge in [0.05, 0.1) is 4.88 Å². The molecule has 1 aromatic carbocycles. The number of hydrogen-bond donors (Lipinski definition) is 0. The molecule has 1 aliphatic heterocycles. The van der Waals surface area contributed by atoms with Gasteiger partial charge in [-0.15, -0.1) is 11.3 Å². The number of nitrogens with zero attached hydrogens (tertiary/aromatic N) is 4. The number of piperazine rings is 1. The van der Waals surface area contributed by atoms with Crippen LogP contribution in [0.2, 0.25) is 0 Å². The number of rotatable bonds is 4. The van der Waals surface area contributed by atoms with E-state index in [4.69, 9.17) is 4.74 Å². The molecule has 1 amide bonds. The van der Waals surface area contributed by atoms with Crippen LogP contribution in [0.4, 0.5) is 10.2 Å². The summed E-state index contributed by atoms with van der Waals surface area (Å²) in [6, 6.07) is 9.86. The van der Waals surface area contributed by atoms with Gasteiger partial charge < -0.3 is 14.5 Å². The van der Waals surface area contributed by atoms with Gasteiger partial charge in [-0.05, 0) is 42.1 Å². The number of ether oxygens (including phenoxy) is 1. The maximum Gasteiger partial charge on any atom is 0.264 e. The minimum absolute atomic E-state index is 0.0770. The molecule has 0 N–H and O–H groups in total. The fourth-order valence-electron chi connectivity index (χ4n) is 3.09. The quantitative estimate of drug-likeness (QED) is 0.670. The molecular weight excluding hydrogens is 379 g/mol. The van der Waals surface area contributed by atoms with Gasteiger partial charge in [0.25, 0.3) is 5.91 Å². The van der Waals surface area contributed by atoms with Crippen molar-refractivity contribution in [3.05, 3.63) is 64.4 Å². The summed E-state index contributed by atoms with van der Waals surface area (Å²) < 4.78 is 19.1. The second-order valence-electron chi connectivity index (χ2n) is 6.48. The Morgan fingerprint density at radius 1 is 1.14 bits per heavy atom. The van der Waals surface area contributed by atoms with Crippen molar-refractivity contribution >= 4 is 23.1 Å². The van der Waals surface area contributed by atoms with E-state index in [-0.39, 0.29) is 11.7 Å². The molecule has 0 aliphatic carbocycles. The lowest BCUT2D eigenvalue weighted by atomic mass is 10.2. The van der Waals surface area contributed by atoms with E-state index < -0.39 is 0 Å². The third-order valence-corrected chi connectivity index (χ3v) is 5.46. The highest BCUT2D eigenvalue weighted by Gasteiger charge is 2.23. The van der Waals surface area contributed by atoms with Gasteiger partial charge in [0, 0.05) is 32.2 Å². The van der Waals surface area contributed by atoms with Gasteiger partial charge >= 0.3 is 0 Å². The van der Waals surface area contributed by atoms with Crippen molar-refractivity contribution < 1.29 is 13.9 Å². The maximum absolute atomic E-state index is 13.3. The molecule has 28 heavy (non-hydrogen) atoms. The average molecular weight is 398 g/mol. The van der Waals surface area contributed by atoms with Gasteiger partial charge in [0.15, 0.2) is 0 Å². The van der Waals surface area contributed by atoms with Gasteiger partial charge in [0.2, 0.25) is 5.88 Å². The molecule has 8 heteroatoms. The summed E-state index contributed by atoms with van der Waals surface area (Å²) in [5.41, 5.74) is 0.695. The van der Waals surface area contributed by atoms with Crippen LogP contribution in [0.5, 0.6) is 11.6 Å². The van der Waals surface area contributed by atoms with E-state index in [1.165, 1.54) is 29.8 Å². The average Bonchev–Trinajstić information content (AvgIpc) is 3.25. The summed E-state index contributed by atoms with van der Waals surface area (Å²) in [6.07, 6.45) is 1.45. The number of anilines is 1. The lowest BCUT2D eigenvalue weighted by Crippen LogP contribution is -2.48. The minimum Gasteiger partial charge on any atom is -0.439 e. The Kier molecular flexibility index (Phi) is 5.21. The van der Waals surface area contributed by atoms with Gasteiger partial charge in [-0.1, -0.05) is 6.07 Å². The van der Waals surface area contributed by atoms with E-state index in [2.05, 4.69) is 14.9 Å². The van der Waals surface area contributed by atoms with Crippen LogP contribution in [0, 0.1) is 12.7 Å². The monoisotopic (exact) mass is 398 g/mol. The molecule has 0 spiro atoms. The van der Waals surface area contributed by atoms with Crippen LogP contribution in [0.1, 0.15) is 15.2 Å². The SMILES string of the molecule is Cc1cc(F)ccc1Oc1cc(N2CCN(C(=O)c3cccs3)CC2)ncn1. The molecule has 3 aromatic rings. The minimum atomic E-state index is -0.303. The summed E-state index contributed by atoms with van der Waals surface area (Å²) >= 11 is 1.46. The van der Waals surface area contributed by atoms with Crippen LogP contribution in [-0.4, -0.2) is 47.0 Å². The van der Waals surface area contributed by atoms with E-state index in [1.807, 2.05) is 22.4 Å². The highest BCUT2D eigenvalue weighted by atomic mass is 32.1. The van der Waals surface area contributed by atoms with E-state index in [0.717, 1.165) is 10.7 Å². The number of aryl methyl sites for hydroxylation is 1. The standard InChI is InChI=1S/C20H19FN4O2S/c1-14-11-15(21)4-5-16(14)27-19-12-18(22-13-23-19)24-6-8-25(9-7-24)20(26)17-3-2-10-28-17/h2-5,10-13H,6-9H2,1H3. The normalized spacial score (nSPS) is 14.2. The fraction of sp³-hybridized carbons (Fsp3) is 0.250. The number of halogens is 1. The molecule has 2 aromatic heterocycles. The Morgan fingerprint density at radius 3 is 2.68 bits per heavy atom. The van der Waals surface area contributed by atoms with Crippen LogP contribution in [0.3, 0.4) is 0 Å². The first kappa shape index (κ1) is 18.4.